The maximum Gasteiger partial charge on any atom is 0.123 e. The molecule has 1 aliphatic heterocycles. The van der Waals surface area contributed by atoms with E-state index >= 15 is 0 Å². The minimum Gasteiger partial charge on any atom is -0.496 e. The summed E-state index contributed by atoms with van der Waals surface area (Å²) in [5, 5.41) is 7.57. The van der Waals surface area contributed by atoms with E-state index in [1.165, 1.54) is 37.3 Å². The molecule has 1 heterocycles. The number of fused-ring (bicyclic) bond motifs is 1. The predicted octanol–water partition coefficient (Wildman–Crippen LogP) is 4.44. The van der Waals surface area contributed by atoms with E-state index < -0.39 is 0 Å². The van der Waals surface area contributed by atoms with Crippen LogP contribution in [0.15, 0.2) is 48.5 Å². The van der Waals surface area contributed by atoms with Crippen molar-refractivity contribution in [3.8, 4) is 5.75 Å². The van der Waals surface area contributed by atoms with Crippen LogP contribution in [0.3, 0.4) is 0 Å². The van der Waals surface area contributed by atoms with Crippen molar-refractivity contribution in [3.05, 3.63) is 65.5 Å². The van der Waals surface area contributed by atoms with Crippen LogP contribution in [0.5, 0.6) is 5.75 Å². The zero-order valence-electron chi connectivity index (χ0n) is 16.0. The third kappa shape index (κ3) is 4.02. The monoisotopic (exact) mass is 368 g/mol. The first-order valence-corrected chi connectivity index (χ1v) is 10.1. The van der Waals surface area contributed by atoms with Gasteiger partial charge in [-0.3, -0.25) is 0 Å². The van der Waals surface area contributed by atoms with E-state index in [0.717, 1.165) is 23.8 Å². The van der Waals surface area contributed by atoms with E-state index in [4.69, 9.17) is 4.74 Å². The number of hydrogen-bond donors (Lipinski definition) is 2. The van der Waals surface area contributed by atoms with Crippen molar-refractivity contribution < 1.29 is 9.13 Å². The first-order valence-electron chi connectivity index (χ1n) is 10.1. The zero-order valence-corrected chi connectivity index (χ0v) is 16.0. The molecule has 0 spiro atoms. The second kappa shape index (κ2) is 8.41. The highest BCUT2D eigenvalue weighted by Crippen LogP contribution is 2.40. The molecule has 0 aromatic heterocycles. The van der Waals surface area contributed by atoms with Crippen LogP contribution >= 0.6 is 0 Å². The number of benzene rings is 2. The van der Waals surface area contributed by atoms with Gasteiger partial charge in [-0.1, -0.05) is 43.2 Å². The Bertz CT molecular complexity index is 751. The van der Waals surface area contributed by atoms with Crippen molar-refractivity contribution in [2.24, 2.45) is 11.8 Å². The summed E-state index contributed by atoms with van der Waals surface area (Å²) in [7, 11) is 1.64. The molecule has 4 rings (SSSR count). The van der Waals surface area contributed by atoms with Crippen molar-refractivity contribution in [2.45, 2.75) is 44.3 Å². The lowest BCUT2D eigenvalue weighted by Crippen LogP contribution is -2.55. The topological polar surface area (TPSA) is 33.3 Å². The summed E-state index contributed by atoms with van der Waals surface area (Å²) in [6.07, 6.45) is 5.22. The minimum absolute atomic E-state index is 0.218. The van der Waals surface area contributed by atoms with Gasteiger partial charge in [0.1, 0.15) is 11.6 Å². The Kier molecular flexibility index (Phi) is 5.74. The average molecular weight is 368 g/mol. The molecular formula is C23H29FN2O. The first-order chi connectivity index (χ1) is 13.3. The summed E-state index contributed by atoms with van der Waals surface area (Å²) < 4.78 is 19.2. The fourth-order valence-electron chi connectivity index (χ4n) is 4.98. The summed E-state index contributed by atoms with van der Waals surface area (Å²) in [5.74, 6) is 1.91. The number of nitrogens with one attached hydrogen (secondary N) is 2. The molecule has 4 atom stereocenters. The number of hydrogen-bond acceptors (Lipinski definition) is 3. The van der Waals surface area contributed by atoms with Crippen LogP contribution in [0, 0.1) is 17.7 Å². The summed E-state index contributed by atoms with van der Waals surface area (Å²) in [6, 6.07) is 16.1. The van der Waals surface area contributed by atoms with Crippen LogP contribution in [0.2, 0.25) is 0 Å². The van der Waals surface area contributed by atoms with Crippen molar-refractivity contribution in [1.29, 1.82) is 0 Å². The number of piperidine rings is 1. The van der Waals surface area contributed by atoms with Gasteiger partial charge in [-0.05, 0) is 55.0 Å². The van der Waals surface area contributed by atoms with Crippen LogP contribution in [-0.4, -0.2) is 19.7 Å². The molecule has 4 unspecified atom stereocenters. The highest BCUT2D eigenvalue weighted by atomic mass is 19.1. The van der Waals surface area contributed by atoms with Gasteiger partial charge in [0.15, 0.2) is 0 Å². The van der Waals surface area contributed by atoms with Crippen LogP contribution in [-0.2, 0) is 6.54 Å². The molecule has 3 nitrogen and oxygen atoms in total. The predicted molar refractivity (Wildman–Crippen MR) is 106 cm³/mol. The average Bonchev–Trinajstić information content (AvgIpc) is 2.72. The molecule has 0 radical (unpaired) electrons. The molecule has 4 heteroatoms. The molecule has 144 valence electrons. The Balaban J connectivity index is 1.58. The highest BCUT2D eigenvalue weighted by Gasteiger charge is 2.40. The summed E-state index contributed by atoms with van der Waals surface area (Å²) in [5.41, 5.74) is 2.20. The molecule has 2 fully saturated rings. The summed E-state index contributed by atoms with van der Waals surface area (Å²) in [6.45, 7) is 1.70. The van der Waals surface area contributed by atoms with Gasteiger partial charge in [-0.15, -0.1) is 0 Å². The maximum absolute atomic E-state index is 13.8. The molecule has 0 amide bonds. The van der Waals surface area contributed by atoms with Crippen molar-refractivity contribution in [1.82, 2.24) is 10.6 Å². The molecular weight excluding hydrogens is 339 g/mol. The summed E-state index contributed by atoms with van der Waals surface area (Å²) in [4.78, 5) is 0. The quantitative estimate of drug-likeness (QED) is 0.818. The van der Waals surface area contributed by atoms with Gasteiger partial charge >= 0.3 is 0 Å². The van der Waals surface area contributed by atoms with Gasteiger partial charge < -0.3 is 15.4 Å². The van der Waals surface area contributed by atoms with Crippen LogP contribution in [0.25, 0.3) is 0 Å². The van der Waals surface area contributed by atoms with E-state index in [1.807, 2.05) is 0 Å². The van der Waals surface area contributed by atoms with Gasteiger partial charge in [0.25, 0.3) is 0 Å². The van der Waals surface area contributed by atoms with Gasteiger partial charge in [0, 0.05) is 24.2 Å². The Morgan fingerprint density at radius 1 is 1.11 bits per heavy atom. The van der Waals surface area contributed by atoms with Crippen LogP contribution in [0.4, 0.5) is 4.39 Å². The third-order valence-electron chi connectivity index (χ3n) is 6.32. The SMILES string of the molecule is COc1ccc(F)cc1CNC1C(c2ccccc2)NCC2CCCCC21. The van der Waals surface area contributed by atoms with E-state index in [0.29, 0.717) is 18.5 Å². The van der Waals surface area contributed by atoms with E-state index in [-0.39, 0.29) is 11.9 Å². The molecule has 2 N–H and O–H groups in total. The van der Waals surface area contributed by atoms with Crippen molar-refractivity contribution in [3.63, 3.8) is 0 Å². The standard InChI is InChI=1S/C23H29FN2O/c1-27-21-12-11-19(24)13-18(21)15-26-23-20-10-6-5-9-17(20)14-25-22(23)16-7-3-2-4-8-16/h2-4,7-8,11-13,17,20,22-23,25-26H,5-6,9-10,14-15H2,1H3. The Hall–Kier alpha value is -1.91. The number of methoxy groups -OCH3 is 1. The van der Waals surface area contributed by atoms with Gasteiger partial charge in [0.2, 0.25) is 0 Å². The first kappa shape index (κ1) is 18.5. The normalized spacial score (nSPS) is 27.8. The molecule has 0 bridgehead atoms. The lowest BCUT2D eigenvalue weighted by molar-refractivity contribution is 0.104. The van der Waals surface area contributed by atoms with Gasteiger partial charge in [0.05, 0.1) is 7.11 Å². The van der Waals surface area contributed by atoms with E-state index in [2.05, 4.69) is 41.0 Å². The zero-order chi connectivity index (χ0) is 18.6. The Morgan fingerprint density at radius 3 is 2.74 bits per heavy atom. The Morgan fingerprint density at radius 2 is 1.93 bits per heavy atom. The molecule has 1 saturated heterocycles. The largest absolute Gasteiger partial charge is 0.496 e. The van der Waals surface area contributed by atoms with Crippen LogP contribution in [0.1, 0.15) is 42.9 Å². The Labute approximate surface area is 161 Å². The second-order valence-electron chi connectivity index (χ2n) is 7.87. The number of halogens is 1. The van der Waals surface area contributed by atoms with E-state index in [9.17, 15) is 4.39 Å². The molecule has 2 aromatic rings. The second-order valence-corrected chi connectivity index (χ2v) is 7.87. The van der Waals surface area contributed by atoms with Crippen molar-refractivity contribution in [2.75, 3.05) is 13.7 Å². The molecule has 27 heavy (non-hydrogen) atoms. The molecule has 2 aliphatic rings. The van der Waals surface area contributed by atoms with Crippen molar-refractivity contribution >= 4 is 0 Å². The number of rotatable bonds is 5. The minimum atomic E-state index is -0.218. The number of ether oxygens (including phenoxy) is 1. The third-order valence-corrected chi connectivity index (χ3v) is 6.32. The lowest BCUT2D eigenvalue weighted by atomic mass is 9.69. The molecule has 1 aliphatic carbocycles. The molecule has 2 aromatic carbocycles. The van der Waals surface area contributed by atoms with Gasteiger partial charge in [-0.2, -0.15) is 0 Å². The van der Waals surface area contributed by atoms with E-state index in [1.54, 1.807) is 19.2 Å². The lowest BCUT2D eigenvalue weighted by Gasteiger charge is -2.47. The summed E-state index contributed by atoms with van der Waals surface area (Å²) >= 11 is 0. The van der Waals surface area contributed by atoms with Crippen LogP contribution < -0.4 is 15.4 Å². The van der Waals surface area contributed by atoms with Gasteiger partial charge in [-0.25, -0.2) is 4.39 Å². The fraction of sp³-hybridized carbons (Fsp3) is 0.478. The fourth-order valence-corrected chi connectivity index (χ4v) is 4.98. The smallest absolute Gasteiger partial charge is 0.123 e. The highest BCUT2D eigenvalue weighted by molar-refractivity contribution is 5.34. The molecule has 1 saturated carbocycles. The maximum atomic E-state index is 13.8.